The predicted octanol–water partition coefficient (Wildman–Crippen LogP) is 15.8. The minimum absolute atomic E-state index is 0.0131. The van der Waals surface area contributed by atoms with E-state index in [0.29, 0.717) is 17.4 Å². The molecule has 0 aliphatic heterocycles. The largest absolute Gasteiger partial charge is 0.756 e. The number of amides is 1. The zero-order valence-corrected chi connectivity index (χ0v) is 45.2. The molecular weight excluding hydrogens is 864 g/mol. The summed E-state index contributed by atoms with van der Waals surface area (Å²) in [6.07, 6.45) is 71.5. The highest BCUT2D eigenvalue weighted by molar-refractivity contribution is 7.45. The molecule has 390 valence electrons. The summed E-state index contributed by atoms with van der Waals surface area (Å²) in [5.41, 5.74) is 0. The molecule has 0 aromatic heterocycles. The van der Waals surface area contributed by atoms with E-state index in [1.165, 1.54) is 89.9 Å². The number of quaternary nitrogens is 1. The number of carbonyl (C=O) groups is 1. The molecule has 68 heavy (non-hydrogen) atoms. The van der Waals surface area contributed by atoms with Gasteiger partial charge in [0, 0.05) is 6.42 Å². The Labute approximate surface area is 419 Å². The number of hydrogen-bond acceptors (Lipinski definition) is 6. The Morgan fingerprint density at radius 2 is 0.912 bits per heavy atom. The Morgan fingerprint density at radius 3 is 1.37 bits per heavy atom. The highest BCUT2D eigenvalue weighted by Gasteiger charge is 2.23. The van der Waals surface area contributed by atoms with E-state index in [1.807, 2.05) is 27.2 Å². The Balaban J connectivity index is 4.26. The summed E-state index contributed by atoms with van der Waals surface area (Å²) in [4.78, 5) is 25.4. The van der Waals surface area contributed by atoms with Crippen molar-refractivity contribution < 1.29 is 32.9 Å². The molecule has 0 saturated carbocycles. The maximum Gasteiger partial charge on any atom is 0.268 e. The molecule has 0 fully saturated rings. The molecule has 3 atom stereocenters. The lowest BCUT2D eigenvalue weighted by Crippen LogP contribution is -2.45. The topological polar surface area (TPSA) is 108 Å². The van der Waals surface area contributed by atoms with Crippen molar-refractivity contribution in [2.75, 3.05) is 40.9 Å². The second-order valence-corrected chi connectivity index (χ2v) is 20.6. The first-order valence-electron chi connectivity index (χ1n) is 27.2. The number of hydrogen-bond donors (Lipinski definition) is 2. The van der Waals surface area contributed by atoms with Gasteiger partial charge in [0.25, 0.3) is 7.82 Å². The first-order chi connectivity index (χ1) is 33.0. The summed E-state index contributed by atoms with van der Waals surface area (Å²) in [7, 11) is 1.22. The van der Waals surface area contributed by atoms with Crippen LogP contribution in [0.1, 0.15) is 206 Å². The molecule has 2 N–H and O–H groups in total. The zero-order valence-electron chi connectivity index (χ0n) is 44.3. The lowest BCUT2D eigenvalue weighted by Gasteiger charge is -2.29. The number of rotatable bonds is 48. The van der Waals surface area contributed by atoms with Crippen molar-refractivity contribution in [1.29, 1.82) is 0 Å². The molecule has 8 nitrogen and oxygen atoms in total. The van der Waals surface area contributed by atoms with Crippen LogP contribution in [0.3, 0.4) is 0 Å². The van der Waals surface area contributed by atoms with Gasteiger partial charge >= 0.3 is 0 Å². The number of phosphoric ester groups is 1. The summed E-state index contributed by atoms with van der Waals surface area (Å²) in [6.45, 7) is 4.49. The summed E-state index contributed by atoms with van der Waals surface area (Å²) in [5, 5.41) is 13.8. The van der Waals surface area contributed by atoms with E-state index in [2.05, 4.69) is 116 Å². The Morgan fingerprint density at radius 1 is 0.529 bits per heavy atom. The van der Waals surface area contributed by atoms with Crippen LogP contribution in [-0.4, -0.2) is 68.5 Å². The van der Waals surface area contributed by atoms with E-state index >= 15 is 0 Å². The van der Waals surface area contributed by atoms with Crippen molar-refractivity contribution in [3.8, 4) is 0 Å². The van der Waals surface area contributed by atoms with Gasteiger partial charge in [0.2, 0.25) is 5.91 Å². The molecule has 9 heteroatoms. The smallest absolute Gasteiger partial charge is 0.268 e. The predicted molar refractivity (Wildman–Crippen MR) is 292 cm³/mol. The van der Waals surface area contributed by atoms with Crippen LogP contribution in [-0.2, 0) is 18.4 Å². The summed E-state index contributed by atoms with van der Waals surface area (Å²) < 4.78 is 23.3. The van der Waals surface area contributed by atoms with Crippen molar-refractivity contribution in [1.82, 2.24) is 5.32 Å². The van der Waals surface area contributed by atoms with Crippen molar-refractivity contribution in [2.24, 2.45) is 0 Å². The van der Waals surface area contributed by atoms with E-state index in [0.717, 1.165) is 96.3 Å². The number of unbranched alkanes of at least 4 members (excludes halogenated alkanes) is 19. The molecule has 0 spiro atoms. The first kappa shape index (κ1) is 65.2. The number of aliphatic hydroxyl groups is 1. The van der Waals surface area contributed by atoms with Gasteiger partial charge in [-0.25, -0.2) is 0 Å². The SMILES string of the molecule is CC/C=C\C/C=C\C/C=C\C/C=C\C/C=C\C/C=C\C/C=C\CCCCCCCCCCCC(=O)NC(COP(=O)([O-])OCC[N+](C)(C)C)C(O)/C=C/CC/C=C/CCCCCCCCCCC. The van der Waals surface area contributed by atoms with E-state index in [1.54, 1.807) is 6.08 Å². The van der Waals surface area contributed by atoms with Crippen LogP contribution in [0.15, 0.2) is 109 Å². The standard InChI is InChI=1S/C59H103N2O6P/c1-6-8-10-12-14-16-18-20-22-23-24-25-26-27-28-29-30-31-32-33-34-35-36-37-39-41-43-45-47-49-51-53-59(63)60-57(56-67-68(64,65)66-55-54-61(3,4)5)58(62)52-50-48-46-44-42-40-38-21-19-17-15-13-11-9-7-2/h8,10,14,16,20,22,24-25,27-28,30-31,33-34,42,44,50,52,57-58,62H,6-7,9,11-13,15,17-19,21,23,26,29,32,35-41,43,45-49,51,53-56H2,1-5H3,(H-,60,63,64,65)/b10-8-,16-14-,22-20-,25-24-,28-27-,31-30-,34-33-,44-42+,52-50+. The number of nitrogens with one attached hydrogen (secondary N) is 1. The van der Waals surface area contributed by atoms with Crippen molar-refractivity contribution in [3.63, 3.8) is 0 Å². The zero-order chi connectivity index (χ0) is 49.9. The molecule has 0 aliphatic rings. The fraction of sp³-hybridized carbons (Fsp3) is 0.678. The van der Waals surface area contributed by atoms with Gasteiger partial charge in [-0.05, 0) is 89.9 Å². The minimum atomic E-state index is -4.61. The number of allylic oxidation sites excluding steroid dienone is 17. The number of likely N-dealkylation sites (N-methyl/N-ethyl adjacent to an activating group) is 1. The molecule has 0 aromatic carbocycles. The van der Waals surface area contributed by atoms with Crippen LogP contribution in [0.4, 0.5) is 0 Å². The second kappa shape index (κ2) is 49.2. The molecule has 3 unspecified atom stereocenters. The summed E-state index contributed by atoms with van der Waals surface area (Å²) >= 11 is 0. The van der Waals surface area contributed by atoms with Crippen LogP contribution in [0.2, 0.25) is 0 Å². The average molecular weight is 967 g/mol. The molecule has 1 amide bonds. The highest BCUT2D eigenvalue weighted by atomic mass is 31.2. The third kappa shape index (κ3) is 51.0. The molecular formula is C59H103N2O6P. The van der Waals surface area contributed by atoms with Crippen LogP contribution >= 0.6 is 7.82 Å². The first-order valence-corrected chi connectivity index (χ1v) is 28.7. The van der Waals surface area contributed by atoms with E-state index in [4.69, 9.17) is 9.05 Å². The van der Waals surface area contributed by atoms with Gasteiger partial charge in [0.15, 0.2) is 0 Å². The van der Waals surface area contributed by atoms with Gasteiger partial charge in [-0.15, -0.1) is 0 Å². The van der Waals surface area contributed by atoms with Gasteiger partial charge in [-0.1, -0.05) is 220 Å². The maximum atomic E-state index is 12.9. The van der Waals surface area contributed by atoms with Gasteiger partial charge < -0.3 is 28.8 Å². The quantitative estimate of drug-likeness (QED) is 0.0272. The molecule has 0 rings (SSSR count). The normalized spacial score (nSPS) is 14.9. The number of carbonyl (C=O) groups excluding carboxylic acids is 1. The molecule has 0 radical (unpaired) electrons. The summed E-state index contributed by atoms with van der Waals surface area (Å²) in [6, 6.07) is -0.914. The lowest BCUT2D eigenvalue weighted by atomic mass is 10.1. The highest BCUT2D eigenvalue weighted by Crippen LogP contribution is 2.38. The van der Waals surface area contributed by atoms with Crippen LogP contribution in [0, 0.1) is 0 Å². The lowest BCUT2D eigenvalue weighted by molar-refractivity contribution is -0.870. The van der Waals surface area contributed by atoms with Crippen LogP contribution in [0.25, 0.3) is 0 Å². The van der Waals surface area contributed by atoms with Gasteiger partial charge in [0.05, 0.1) is 39.9 Å². The number of nitrogens with zero attached hydrogens (tertiary/aromatic N) is 1. The van der Waals surface area contributed by atoms with Crippen molar-refractivity contribution in [3.05, 3.63) is 109 Å². The van der Waals surface area contributed by atoms with E-state index < -0.39 is 26.6 Å². The van der Waals surface area contributed by atoms with Gasteiger partial charge in [-0.2, -0.15) is 0 Å². The van der Waals surface area contributed by atoms with E-state index in [9.17, 15) is 19.4 Å². The second-order valence-electron chi connectivity index (χ2n) is 19.2. The number of phosphoric acid groups is 1. The molecule has 0 saturated heterocycles. The molecule has 0 aromatic rings. The molecule has 0 bridgehead atoms. The van der Waals surface area contributed by atoms with Crippen LogP contribution < -0.4 is 10.2 Å². The van der Waals surface area contributed by atoms with E-state index in [-0.39, 0.29) is 12.5 Å². The fourth-order valence-corrected chi connectivity index (χ4v) is 7.93. The summed E-state index contributed by atoms with van der Waals surface area (Å²) in [5.74, 6) is -0.219. The van der Waals surface area contributed by atoms with Crippen LogP contribution in [0.5, 0.6) is 0 Å². The average Bonchev–Trinajstić information content (AvgIpc) is 3.30. The monoisotopic (exact) mass is 967 g/mol. The Kier molecular flexibility index (Phi) is 47.1. The third-order valence-corrected chi connectivity index (χ3v) is 12.4. The van der Waals surface area contributed by atoms with Gasteiger partial charge in [-0.3, -0.25) is 9.36 Å². The van der Waals surface area contributed by atoms with Crippen molar-refractivity contribution >= 4 is 13.7 Å². The van der Waals surface area contributed by atoms with Crippen molar-refractivity contribution in [2.45, 2.75) is 219 Å². The molecule has 0 aliphatic carbocycles. The maximum absolute atomic E-state index is 12.9. The Bertz CT molecular complexity index is 1470. The number of aliphatic hydroxyl groups excluding tert-OH is 1. The van der Waals surface area contributed by atoms with Gasteiger partial charge in [0.1, 0.15) is 13.2 Å². The molecule has 0 heterocycles. The Hall–Kier alpha value is -2.84. The minimum Gasteiger partial charge on any atom is -0.756 e. The fourth-order valence-electron chi connectivity index (χ4n) is 7.21. The third-order valence-electron chi connectivity index (χ3n) is 11.5.